The van der Waals surface area contributed by atoms with Crippen LogP contribution in [0.2, 0.25) is 0 Å². The Balaban J connectivity index is 1.95. The van der Waals surface area contributed by atoms with Crippen LogP contribution in [0.4, 0.5) is 10.1 Å². The molecular formula is C19H23FN2O4S2. The van der Waals surface area contributed by atoms with E-state index in [-0.39, 0.29) is 21.5 Å². The van der Waals surface area contributed by atoms with Gasteiger partial charge in [-0.1, -0.05) is 37.5 Å². The molecule has 1 saturated carbocycles. The van der Waals surface area contributed by atoms with Gasteiger partial charge in [-0.05, 0) is 43.2 Å². The molecule has 0 radical (unpaired) electrons. The van der Waals surface area contributed by atoms with Gasteiger partial charge in [0.2, 0.25) is 10.0 Å². The highest BCUT2D eigenvalue weighted by molar-refractivity contribution is 7.93. The molecule has 3 rings (SSSR count). The lowest BCUT2D eigenvalue weighted by Crippen LogP contribution is -2.38. The largest absolute Gasteiger partial charge is 0.278 e. The van der Waals surface area contributed by atoms with Gasteiger partial charge < -0.3 is 0 Å². The van der Waals surface area contributed by atoms with Crippen molar-refractivity contribution in [1.82, 2.24) is 4.31 Å². The van der Waals surface area contributed by atoms with Gasteiger partial charge in [0, 0.05) is 13.1 Å². The van der Waals surface area contributed by atoms with Gasteiger partial charge in [0.25, 0.3) is 10.0 Å². The smallest absolute Gasteiger partial charge is 0.262 e. The lowest BCUT2D eigenvalue weighted by molar-refractivity contribution is 0.286. The van der Waals surface area contributed by atoms with Gasteiger partial charge in [-0.2, -0.15) is 4.31 Å². The third-order valence-electron chi connectivity index (χ3n) is 4.98. The summed E-state index contributed by atoms with van der Waals surface area (Å²) < 4.78 is 68.6. The molecule has 0 aromatic heterocycles. The summed E-state index contributed by atoms with van der Waals surface area (Å²) in [6, 6.07) is 10.3. The van der Waals surface area contributed by atoms with E-state index in [4.69, 9.17) is 0 Å². The van der Waals surface area contributed by atoms with E-state index in [0.717, 1.165) is 44.2 Å². The maximum Gasteiger partial charge on any atom is 0.262 e. The minimum absolute atomic E-state index is 0.0607. The molecule has 0 heterocycles. The van der Waals surface area contributed by atoms with Gasteiger partial charge in [0.05, 0.1) is 10.6 Å². The lowest BCUT2D eigenvalue weighted by Gasteiger charge is -2.31. The van der Waals surface area contributed by atoms with Crippen molar-refractivity contribution in [3.8, 4) is 0 Å². The van der Waals surface area contributed by atoms with Gasteiger partial charge in [-0.25, -0.2) is 21.2 Å². The highest BCUT2D eigenvalue weighted by atomic mass is 32.2. The fourth-order valence-corrected chi connectivity index (χ4v) is 6.15. The second-order valence-corrected chi connectivity index (χ2v) is 10.5. The molecule has 28 heavy (non-hydrogen) atoms. The molecule has 0 amide bonds. The van der Waals surface area contributed by atoms with Crippen molar-refractivity contribution in [2.45, 2.75) is 47.9 Å². The second-order valence-electron chi connectivity index (χ2n) is 6.87. The average Bonchev–Trinajstić information content (AvgIpc) is 2.68. The Kier molecular flexibility index (Phi) is 6.07. The van der Waals surface area contributed by atoms with Crippen molar-refractivity contribution in [1.29, 1.82) is 0 Å². The molecule has 1 aliphatic rings. The summed E-state index contributed by atoms with van der Waals surface area (Å²) >= 11 is 0. The monoisotopic (exact) mass is 426 g/mol. The summed E-state index contributed by atoms with van der Waals surface area (Å²) in [4.78, 5) is -0.400. The summed E-state index contributed by atoms with van der Waals surface area (Å²) in [6.07, 6.45) is 4.60. The van der Waals surface area contributed by atoms with E-state index >= 15 is 0 Å². The zero-order chi connectivity index (χ0) is 20.4. The van der Waals surface area contributed by atoms with E-state index in [1.807, 2.05) is 0 Å². The van der Waals surface area contributed by atoms with Crippen LogP contribution in [0.5, 0.6) is 0 Å². The number of benzene rings is 2. The minimum atomic E-state index is -4.14. The molecule has 0 aliphatic heterocycles. The second kappa shape index (κ2) is 8.18. The number of hydrogen-bond acceptors (Lipinski definition) is 4. The maximum absolute atomic E-state index is 13.4. The first-order valence-corrected chi connectivity index (χ1v) is 12.0. The van der Waals surface area contributed by atoms with Crippen LogP contribution in [0.15, 0.2) is 58.3 Å². The summed E-state index contributed by atoms with van der Waals surface area (Å²) in [6.45, 7) is 0. The van der Waals surface area contributed by atoms with Crippen LogP contribution >= 0.6 is 0 Å². The SMILES string of the molecule is CN(C1CCCCC1)S(=O)(=O)c1ccccc1NS(=O)(=O)c1cccc(F)c1. The summed E-state index contributed by atoms with van der Waals surface area (Å²) in [5.74, 6) is -0.694. The molecular weight excluding hydrogens is 403 g/mol. The molecule has 0 saturated heterocycles. The standard InChI is InChI=1S/C19H23FN2O4S2/c1-22(16-9-3-2-4-10-16)28(25,26)19-13-6-5-12-18(19)21-27(23,24)17-11-7-8-15(20)14-17/h5-8,11-14,16,21H,2-4,9-10H2,1H3. The number of halogens is 1. The van der Waals surface area contributed by atoms with E-state index in [2.05, 4.69) is 4.72 Å². The van der Waals surface area contributed by atoms with E-state index in [9.17, 15) is 21.2 Å². The van der Waals surface area contributed by atoms with Crippen molar-refractivity contribution < 1.29 is 21.2 Å². The Morgan fingerprint density at radius 3 is 2.32 bits per heavy atom. The average molecular weight is 427 g/mol. The van der Waals surface area contributed by atoms with E-state index in [0.29, 0.717) is 0 Å². The molecule has 9 heteroatoms. The van der Waals surface area contributed by atoms with Gasteiger partial charge in [-0.3, -0.25) is 4.72 Å². The van der Waals surface area contributed by atoms with E-state index in [1.165, 1.54) is 35.6 Å². The molecule has 1 fully saturated rings. The molecule has 0 unspecified atom stereocenters. The van der Waals surface area contributed by atoms with E-state index < -0.39 is 25.9 Å². The molecule has 0 spiro atoms. The normalized spacial score (nSPS) is 16.2. The fourth-order valence-electron chi connectivity index (χ4n) is 3.41. The summed E-state index contributed by atoms with van der Waals surface area (Å²) in [5, 5.41) is 0. The molecule has 2 aromatic rings. The molecule has 1 aliphatic carbocycles. The quantitative estimate of drug-likeness (QED) is 0.765. The zero-order valence-electron chi connectivity index (χ0n) is 15.5. The van der Waals surface area contributed by atoms with Crippen LogP contribution in [0.25, 0.3) is 0 Å². The molecule has 0 bridgehead atoms. The van der Waals surface area contributed by atoms with Crippen LogP contribution in [0.1, 0.15) is 32.1 Å². The Labute approximate surface area is 165 Å². The van der Waals surface area contributed by atoms with Gasteiger partial charge in [0.1, 0.15) is 10.7 Å². The first-order chi connectivity index (χ1) is 13.2. The minimum Gasteiger partial charge on any atom is -0.278 e. The highest BCUT2D eigenvalue weighted by Gasteiger charge is 2.31. The number of sulfonamides is 2. The number of hydrogen-bond donors (Lipinski definition) is 1. The third-order valence-corrected chi connectivity index (χ3v) is 8.32. The number of nitrogens with zero attached hydrogens (tertiary/aromatic N) is 1. The third kappa shape index (κ3) is 4.37. The molecule has 2 aromatic carbocycles. The first kappa shape index (κ1) is 20.8. The number of nitrogens with one attached hydrogen (secondary N) is 1. The predicted octanol–water partition coefficient (Wildman–Crippen LogP) is 3.58. The van der Waals surface area contributed by atoms with E-state index in [1.54, 1.807) is 12.1 Å². The van der Waals surface area contributed by atoms with Gasteiger partial charge >= 0.3 is 0 Å². The maximum atomic E-state index is 13.4. The molecule has 152 valence electrons. The topological polar surface area (TPSA) is 83.6 Å². The predicted molar refractivity (Wildman–Crippen MR) is 105 cm³/mol. The molecule has 0 atom stereocenters. The number of anilines is 1. The van der Waals surface area contributed by atoms with Crippen molar-refractivity contribution >= 4 is 25.7 Å². The van der Waals surface area contributed by atoms with Crippen molar-refractivity contribution in [2.75, 3.05) is 11.8 Å². The van der Waals surface area contributed by atoms with Crippen LogP contribution < -0.4 is 4.72 Å². The van der Waals surface area contributed by atoms with Crippen molar-refractivity contribution in [2.24, 2.45) is 0 Å². The number of rotatable bonds is 6. The van der Waals surface area contributed by atoms with Crippen LogP contribution in [0, 0.1) is 5.82 Å². The summed E-state index contributed by atoms with van der Waals surface area (Å²) in [7, 11) is -6.51. The van der Waals surface area contributed by atoms with Crippen LogP contribution in [-0.4, -0.2) is 34.2 Å². The first-order valence-electron chi connectivity index (χ1n) is 9.07. The van der Waals surface area contributed by atoms with Crippen molar-refractivity contribution in [3.63, 3.8) is 0 Å². The number of para-hydroxylation sites is 1. The van der Waals surface area contributed by atoms with Crippen LogP contribution in [0.3, 0.4) is 0 Å². The lowest BCUT2D eigenvalue weighted by atomic mass is 9.96. The Bertz CT molecular complexity index is 1050. The highest BCUT2D eigenvalue weighted by Crippen LogP contribution is 2.30. The van der Waals surface area contributed by atoms with Gasteiger partial charge in [0.15, 0.2) is 0 Å². The zero-order valence-corrected chi connectivity index (χ0v) is 17.1. The Morgan fingerprint density at radius 1 is 0.964 bits per heavy atom. The summed E-state index contributed by atoms with van der Waals surface area (Å²) in [5.41, 5.74) is -0.0607. The molecule has 6 nitrogen and oxygen atoms in total. The van der Waals surface area contributed by atoms with Gasteiger partial charge in [-0.15, -0.1) is 0 Å². The van der Waals surface area contributed by atoms with Crippen LogP contribution in [-0.2, 0) is 20.0 Å². The fraction of sp³-hybridized carbons (Fsp3) is 0.368. The molecule has 1 N–H and O–H groups in total. The Hall–Kier alpha value is -1.97. The Morgan fingerprint density at radius 2 is 1.64 bits per heavy atom. The van der Waals surface area contributed by atoms with Crippen molar-refractivity contribution in [3.05, 3.63) is 54.3 Å².